The summed E-state index contributed by atoms with van der Waals surface area (Å²) in [6.07, 6.45) is 0.428. The van der Waals surface area contributed by atoms with Crippen LogP contribution in [0.5, 0.6) is 5.75 Å². The van der Waals surface area contributed by atoms with Gasteiger partial charge in [-0.2, -0.15) is 0 Å². The first-order valence-corrected chi connectivity index (χ1v) is 13.0. The normalized spacial score (nSPS) is 18.3. The Labute approximate surface area is 223 Å². The Balaban J connectivity index is 1.47. The maximum Gasteiger partial charge on any atom is 0.356 e. The van der Waals surface area contributed by atoms with E-state index in [1.54, 1.807) is 6.07 Å². The SMILES string of the molecule is COC(=O)c1[nH]c(C(C)(C)C)cc1NC(=O)Nc1ccc(OCCN2CC(C)OC(C)C2)c2ccccc12. The van der Waals surface area contributed by atoms with E-state index >= 15 is 0 Å². The Kier molecular flexibility index (Phi) is 8.28. The molecule has 9 nitrogen and oxygen atoms in total. The average Bonchev–Trinajstić information content (AvgIpc) is 3.28. The lowest BCUT2D eigenvalue weighted by atomic mass is 9.92. The van der Waals surface area contributed by atoms with Crippen molar-refractivity contribution in [2.24, 2.45) is 0 Å². The molecule has 1 fully saturated rings. The standard InChI is InChI=1S/C29H38N4O5/c1-18-16-33(17-19(2)38-18)13-14-37-24-12-11-22(20-9-7-8-10-21(20)24)30-28(35)31-23-15-25(29(3,4)5)32-26(23)27(34)36-6/h7-12,15,18-19,32H,13-14,16-17H2,1-6H3,(H2,30,31,35). The van der Waals surface area contributed by atoms with Crippen LogP contribution >= 0.6 is 0 Å². The number of ether oxygens (including phenoxy) is 3. The third-order valence-corrected chi connectivity index (χ3v) is 6.56. The van der Waals surface area contributed by atoms with Crippen LogP contribution in [0.25, 0.3) is 10.8 Å². The number of fused-ring (bicyclic) bond motifs is 1. The number of anilines is 2. The molecule has 2 atom stereocenters. The van der Waals surface area contributed by atoms with E-state index in [9.17, 15) is 9.59 Å². The van der Waals surface area contributed by atoms with Crippen LogP contribution in [-0.4, -0.2) is 67.4 Å². The number of nitrogens with one attached hydrogen (secondary N) is 3. The van der Waals surface area contributed by atoms with Crippen LogP contribution in [-0.2, 0) is 14.9 Å². The van der Waals surface area contributed by atoms with E-state index in [0.717, 1.165) is 41.9 Å². The molecule has 0 aliphatic carbocycles. The van der Waals surface area contributed by atoms with Crippen molar-refractivity contribution < 1.29 is 23.8 Å². The van der Waals surface area contributed by atoms with Crippen LogP contribution in [0.2, 0.25) is 0 Å². The maximum atomic E-state index is 13.0. The largest absolute Gasteiger partial charge is 0.492 e. The van der Waals surface area contributed by atoms with Gasteiger partial charge in [-0.1, -0.05) is 45.0 Å². The topological polar surface area (TPSA) is 105 Å². The molecule has 0 radical (unpaired) electrons. The first-order valence-electron chi connectivity index (χ1n) is 13.0. The number of amides is 2. The molecule has 0 saturated carbocycles. The number of carbonyl (C=O) groups is 2. The van der Waals surface area contributed by atoms with Gasteiger partial charge in [0.05, 0.1) is 30.7 Å². The molecule has 0 spiro atoms. The molecule has 2 heterocycles. The molecule has 2 aromatic carbocycles. The molecule has 204 valence electrons. The van der Waals surface area contributed by atoms with Gasteiger partial charge in [0, 0.05) is 41.5 Å². The number of nitrogens with zero attached hydrogens (tertiary/aromatic N) is 1. The quantitative estimate of drug-likeness (QED) is 0.360. The van der Waals surface area contributed by atoms with E-state index in [4.69, 9.17) is 14.2 Å². The zero-order chi connectivity index (χ0) is 27.4. The van der Waals surface area contributed by atoms with Gasteiger partial charge in [0.2, 0.25) is 0 Å². The van der Waals surface area contributed by atoms with Crippen molar-refractivity contribution in [3.63, 3.8) is 0 Å². The molecular formula is C29H38N4O5. The summed E-state index contributed by atoms with van der Waals surface area (Å²) >= 11 is 0. The molecule has 3 N–H and O–H groups in total. The molecule has 0 bridgehead atoms. The smallest absolute Gasteiger partial charge is 0.356 e. The van der Waals surface area contributed by atoms with Gasteiger partial charge in [0.15, 0.2) is 0 Å². The molecule has 1 aliphatic heterocycles. The lowest BCUT2D eigenvalue weighted by Crippen LogP contribution is -2.46. The van der Waals surface area contributed by atoms with Gasteiger partial charge in [-0.15, -0.1) is 0 Å². The lowest BCUT2D eigenvalue weighted by molar-refractivity contribution is -0.0699. The summed E-state index contributed by atoms with van der Waals surface area (Å²) in [7, 11) is 1.31. The molecule has 4 rings (SSSR count). The minimum atomic E-state index is -0.552. The van der Waals surface area contributed by atoms with Gasteiger partial charge in [-0.05, 0) is 32.0 Å². The summed E-state index contributed by atoms with van der Waals surface area (Å²) in [4.78, 5) is 30.7. The van der Waals surface area contributed by atoms with E-state index in [-0.39, 0.29) is 23.3 Å². The molecule has 2 unspecified atom stereocenters. The summed E-state index contributed by atoms with van der Waals surface area (Å²) in [5, 5.41) is 7.47. The van der Waals surface area contributed by atoms with Crippen molar-refractivity contribution in [3.8, 4) is 5.75 Å². The summed E-state index contributed by atoms with van der Waals surface area (Å²) < 4.78 is 16.9. The fraction of sp³-hybridized carbons (Fsp3) is 0.448. The Morgan fingerprint density at radius 3 is 2.34 bits per heavy atom. The third-order valence-electron chi connectivity index (χ3n) is 6.56. The van der Waals surface area contributed by atoms with Crippen molar-refractivity contribution in [1.29, 1.82) is 0 Å². The first-order chi connectivity index (χ1) is 18.0. The lowest BCUT2D eigenvalue weighted by Gasteiger charge is -2.35. The number of hydrogen-bond donors (Lipinski definition) is 3. The van der Waals surface area contributed by atoms with E-state index in [1.807, 2.05) is 57.2 Å². The minimum absolute atomic E-state index is 0.199. The van der Waals surface area contributed by atoms with Crippen molar-refractivity contribution >= 4 is 34.1 Å². The van der Waals surface area contributed by atoms with Crippen LogP contribution < -0.4 is 15.4 Å². The number of hydrogen-bond acceptors (Lipinski definition) is 6. The highest BCUT2D eigenvalue weighted by Crippen LogP contribution is 2.32. The van der Waals surface area contributed by atoms with Gasteiger partial charge in [0.25, 0.3) is 0 Å². The summed E-state index contributed by atoms with van der Waals surface area (Å²) in [6, 6.07) is 12.8. The van der Waals surface area contributed by atoms with Crippen LogP contribution in [0.15, 0.2) is 42.5 Å². The highest BCUT2D eigenvalue weighted by atomic mass is 16.5. The van der Waals surface area contributed by atoms with Gasteiger partial charge >= 0.3 is 12.0 Å². The molecule has 2 amide bonds. The number of rotatable bonds is 7. The van der Waals surface area contributed by atoms with Crippen LogP contribution in [0.4, 0.5) is 16.2 Å². The minimum Gasteiger partial charge on any atom is -0.492 e. The van der Waals surface area contributed by atoms with Gasteiger partial charge in [0.1, 0.15) is 18.1 Å². The number of benzene rings is 2. The zero-order valence-corrected chi connectivity index (χ0v) is 23.0. The molecule has 38 heavy (non-hydrogen) atoms. The van der Waals surface area contributed by atoms with Crippen LogP contribution in [0.3, 0.4) is 0 Å². The summed E-state index contributed by atoms with van der Waals surface area (Å²) in [5.41, 5.74) is 1.75. The van der Waals surface area contributed by atoms with Crippen molar-refractivity contribution in [1.82, 2.24) is 9.88 Å². The number of aromatic amines is 1. The Morgan fingerprint density at radius 1 is 1.03 bits per heavy atom. The summed E-state index contributed by atoms with van der Waals surface area (Å²) in [6.45, 7) is 13.4. The maximum absolute atomic E-state index is 13.0. The number of esters is 1. The Morgan fingerprint density at radius 2 is 1.68 bits per heavy atom. The number of morpholine rings is 1. The van der Waals surface area contributed by atoms with E-state index in [2.05, 4.69) is 34.4 Å². The second-order valence-electron chi connectivity index (χ2n) is 10.8. The van der Waals surface area contributed by atoms with E-state index in [1.165, 1.54) is 7.11 Å². The second-order valence-corrected chi connectivity index (χ2v) is 10.8. The highest BCUT2D eigenvalue weighted by Gasteiger charge is 2.24. The number of H-pyrrole nitrogens is 1. The number of urea groups is 1. The van der Waals surface area contributed by atoms with Crippen molar-refractivity contribution in [3.05, 3.63) is 53.9 Å². The molecule has 1 saturated heterocycles. The number of carbonyl (C=O) groups excluding carboxylic acids is 2. The average molecular weight is 523 g/mol. The molecule has 3 aromatic rings. The predicted molar refractivity (Wildman–Crippen MR) is 149 cm³/mol. The van der Waals surface area contributed by atoms with Gasteiger partial charge in [-0.25, -0.2) is 9.59 Å². The van der Waals surface area contributed by atoms with E-state index in [0.29, 0.717) is 18.0 Å². The second kappa shape index (κ2) is 11.4. The zero-order valence-electron chi connectivity index (χ0n) is 23.0. The van der Waals surface area contributed by atoms with Crippen LogP contribution in [0, 0.1) is 0 Å². The van der Waals surface area contributed by atoms with Crippen LogP contribution in [0.1, 0.15) is 50.8 Å². The van der Waals surface area contributed by atoms with Gasteiger partial charge < -0.3 is 29.8 Å². The molecular weight excluding hydrogens is 484 g/mol. The monoisotopic (exact) mass is 522 g/mol. The van der Waals surface area contributed by atoms with E-state index < -0.39 is 12.0 Å². The number of aromatic nitrogens is 1. The van der Waals surface area contributed by atoms with Gasteiger partial charge in [-0.3, -0.25) is 4.90 Å². The highest BCUT2D eigenvalue weighted by molar-refractivity contribution is 6.09. The third kappa shape index (κ3) is 6.46. The number of methoxy groups -OCH3 is 1. The Bertz CT molecular complexity index is 1290. The molecule has 1 aliphatic rings. The molecule has 1 aromatic heterocycles. The fourth-order valence-corrected chi connectivity index (χ4v) is 4.75. The predicted octanol–water partition coefficient (Wildman–Crippen LogP) is 5.38. The van der Waals surface area contributed by atoms with Crippen molar-refractivity contribution in [2.45, 2.75) is 52.2 Å². The molecule has 9 heteroatoms. The first kappa shape index (κ1) is 27.5. The fourth-order valence-electron chi connectivity index (χ4n) is 4.75. The Hall–Kier alpha value is -3.56. The van der Waals surface area contributed by atoms with Crippen molar-refractivity contribution in [2.75, 3.05) is 44.0 Å². The summed E-state index contributed by atoms with van der Waals surface area (Å²) in [5.74, 6) is 0.207.